The molecule has 152 valence electrons. The van der Waals surface area contributed by atoms with Crippen molar-refractivity contribution in [1.29, 1.82) is 0 Å². The molecular formula is C22H22N6OS. The van der Waals surface area contributed by atoms with Gasteiger partial charge in [-0.1, -0.05) is 11.3 Å². The Balaban J connectivity index is 1.32. The van der Waals surface area contributed by atoms with Crippen LogP contribution in [0.25, 0.3) is 16.0 Å². The Bertz CT molecular complexity index is 1170. The van der Waals surface area contributed by atoms with E-state index in [0.29, 0.717) is 13.1 Å². The van der Waals surface area contributed by atoms with Crippen molar-refractivity contribution in [2.45, 2.75) is 13.8 Å². The van der Waals surface area contributed by atoms with Crippen molar-refractivity contribution in [3.05, 3.63) is 65.9 Å². The van der Waals surface area contributed by atoms with Gasteiger partial charge in [0.15, 0.2) is 5.13 Å². The number of hydrogen-bond donors (Lipinski definition) is 0. The second-order valence-electron chi connectivity index (χ2n) is 7.43. The first-order valence-electron chi connectivity index (χ1n) is 9.97. The highest BCUT2D eigenvalue weighted by Gasteiger charge is 2.26. The molecule has 0 N–H and O–H groups in total. The van der Waals surface area contributed by atoms with Crippen LogP contribution in [0.2, 0.25) is 0 Å². The number of nitrogens with zero attached hydrogens (tertiary/aromatic N) is 6. The summed E-state index contributed by atoms with van der Waals surface area (Å²) in [4.78, 5) is 31.7. The summed E-state index contributed by atoms with van der Waals surface area (Å²) >= 11 is 1.61. The van der Waals surface area contributed by atoms with Crippen molar-refractivity contribution < 1.29 is 4.79 Å². The minimum atomic E-state index is 0.0869. The molecule has 7 nitrogen and oxygen atoms in total. The molecule has 0 radical (unpaired) electrons. The number of aryl methyl sites for hydroxylation is 1. The van der Waals surface area contributed by atoms with E-state index < -0.39 is 0 Å². The standard InChI is InChI=1S/C22H22N6OS/c1-15-13-18(16(2)28(15)17-5-3-7-23-14-17)21(29)26-9-11-27(12-10-26)22-25-19-6-4-8-24-20(19)30-22/h3-8,13-14H,9-12H2,1-2H3. The lowest BCUT2D eigenvalue weighted by Crippen LogP contribution is -2.48. The van der Waals surface area contributed by atoms with Gasteiger partial charge in [0.05, 0.1) is 17.4 Å². The van der Waals surface area contributed by atoms with Crippen LogP contribution in [0.1, 0.15) is 21.7 Å². The molecule has 5 rings (SSSR count). The monoisotopic (exact) mass is 418 g/mol. The van der Waals surface area contributed by atoms with E-state index in [0.717, 1.165) is 51.2 Å². The highest BCUT2D eigenvalue weighted by molar-refractivity contribution is 7.21. The van der Waals surface area contributed by atoms with Crippen LogP contribution in [-0.2, 0) is 0 Å². The third-order valence-corrected chi connectivity index (χ3v) is 6.60. The number of aromatic nitrogens is 4. The van der Waals surface area contributed by atoms with Gasteiger partial charge in [-0.25, -0.2) is 9.97 Å². The number of pyridine rings is 2. The van der Waals surface area contributed by atoms with Crippen molar-refractivity contribution in [2.75, 3.05) is 31.1 Å². The summed E-state index contributed by atoms with van der Waals surface area (Å²) in [6.45, 7) is 6.92. The second-order valence-corrected chi connectivity index (χ2v) is 8.39. The van der Waals surface area contributed by atoms with Crippen LogP contribution >= 0.6 is 11.3 Å². The predicted octanol–water partition coefficient (Wildman–Crippen LogP) is 3.46. The third-order valence-electron chi connectivity index (χ3n) is 5.56. The van der Waals surface area contributed by atoms with E-state index >= 15 is 0 Å². The van der Waals surface area contributed by atoms with Crippen LogP contribution in [-0.4, -0.2) is 56.5 Å². The average Bonchev–Trinajstić information content (AvgIpc) is 3.34. The fourth-order valence-corrected chi connectivity index (χ4v) is 4.99. The summed E-state index contributed by atoms with van der Waals surface area (Å²) in [6.07, 6.45) is 5.37. The van der Waals surface area contributed by atoms with Crippen LogP contribution in [0.4, 0.5) is 5.13 Å². The molecule has 0 aromatic carbocycles. The second kappa shape index (κ2) is 7.53. The third kappa shape index (κ3) is 3.23. The lowest BCUT2D eigenvalue weighted by molar-refractivity contribution is 0.0746. The number of rotatable bonds is 3. The van der Waals surface area contributed by atoms with E-state index in [1.807, 2.05) is 55.3 Å². The maximum atomic E-state index is 13.3. The molecule has 0 unspecified atom stereocenters. The summed E-state index contributed by atoms with van der Waals surface area (Å²) in [5.74, 6) is 0.0869. The summed E-state index contributed by atoms with van der Waals surface area (Å²) in [5, 5.41) is 0.977. The Kier molecular flexibility index (Phi) is 4.71. The molecule has 0 bridgehead atoms. The highest BCUT2D eigenvalue weighted by atomic mass is 32.1. The van der Waals surface area contributed by atoms with Gasteiger partial charge in [0, 0.05) is 50.0 Å². The zero-order valence-corrected chi connectivity index (χ0v) is 17.8. The number of thiazole rings is 1. The Labute approximate surface area is 178 Å². The SMILES string of the molecule is Cc1cc(C(=O)N2CCN(c3nc4cccnc4s3)CC2)c(C)n1-c1cccnc1. The number of carbonyl (C=O) groups is 1. The fourth-order valence-electron chi connectivity index (χ4n) is 4.03. The number of carbonyl (C=O) groups excluding carboxylic acids is 1. The van der Waals surface area contributed by atoms with Gasteiger partial charge < -0.3 is 14.4 Å². The van der Waals surface area contributed by atoms with E-state index in [2.05, 4.69) is 19.4 Å². The maximum Gasteiger partial charge on any atom is 0.255 e. The van der Waals surface area contributed by atoms with Crippen LogP contribution < -0.4 is 4.90 Å². The molecule has 0 aliphatic carbocycles. The minimum Gasteiger partial charge on any atom is -0.344 e. The Morgan fingerprint density at radius 3 is 2.60 bits per heavy atom. The van der Waals surface area contributed by atoms with E-state index in [4.69, 9.17) is 4.98 Å². The molecular weight excluding hydrogens is 396 g/mol. The van der Waals surface area contributed by atoms with Gasteiger partial charge in [-0.05, 0) is 44.2 Å². The van der Waals surface area contributed by atoms with Gasteiger partial charge in [0.1, 0.15) is 10.3 Å². The van der Waals surface area contributed by atoms with E-state index in [-0.39, 0.29) is 5.91 Å². The number of amides is 1. The van der Waals surface area contributed by atoms with Gasteiger partial charge in [0.25, 0.3) is 5.91 Å². The molecule has 4 aromatic heterocycles. The van der Waals surface area contributed by atoms with Gasteiger partial charge in [0.2, 0.25) is 0 Å². The van der Waals surface area contributed by atoms with E-state index in [1.165, 1.54) is 0 Å². The molecule has 0 saturated carbocycles. The number of hydrogen-bond acceptors (Lipinski definition) is 6. The molecule has 30 heavy (non-hydrogen) atoms. The predicted molar refractivity (Wildman–Crippen MR) is 119 cm³/mol. The molecule has 8 heteroatoms. The van der Waals surface area contributed by atoms with Crippen LogP contribution in [0.15, 0.2) is 48.9 Å². The van der Waals surface area contributed by atoms with Gasteiger partial charge in [-0.15, -0.1) is 0 Å². The summed E-state index contributed by atoms with van der Waals surface area (Å²) in [5.41, 5.74) is 4.64. The Morgan fingerprint density at radius 2 is 1.87 bits per heavy atom. The number of anilines is 1. The topological polar surface area (TPSA) is 67.2 Å². The smallest absolute Gasteiger partial charge is 0.255 e. The molecule has 1 fully saturated rings. The lowest BCUT2D eigenvalue weighted by Gasteiger charge is -2.34. The first kappa shape index (κ1) is 18.7. The molecule has 1 amide bonds. The van der Waals surface area contributed by atoms with Crippen molar-refractivity contribution in [1.82, 2.24) is 24.4 Å². The van der Waals surface area contributed by atoms with Gasteiger partial charge in [-0.2, -0.15) is 0 Å². The maximum absolute atomic E-state index is 13.3. The van der Waals surface area contributed by atoms with Gasteiger partial charge >= 0.3 is 0 Å². The average molecular weight is 419 g/mol. The van der Waals surface area contributed by atoms with Crippen molar-refractivity contribution >= 4 is 32.7 Å². The molecule has 1 aliphatic rings. The Hall–Kier alpha value is -3.26. The van der Waals surface area contributed by atoms with Crippen LogP contribution in [0.5, 0.6) is 0 Å². The van der Waals surface area contributed by atoms with Crippen molar-refractivity contribution in [3.63, 3.8) is 0 Å². The number of piperazine rings is 1. The zero-order valence-electron chi connectivity index (χ0n) is 16.9. The Morgan fingerprint density at radius 1 is 1.07 bits per heavy atom. The summed E-state index contributed by atoms with van der Waals surface area (Å²) in [6, 6.07) is 9.79. The van der Waals surface area contributed by atoms with Gasteiger partial charge in [-0.3, -0.25) is 9.78 Å². The molecule has 1 saturated heterocycles. The summed E-state index contributed by atoms with van der Waals surface area (Å²) < 4.78 is 2.09. The quantitative estimate of drug-likeness (QED) is 0.510. The normalized spacial score (nSPS) is 14.5. The molecule has 0 spiro atoms. The highest BCUT2D eigenvalue weighted by Crippen LogP contribution is 2.28. The largest absolute Gasteiger partial charge is 0.344 e. The molecule has 0 atom stereocenters. The molecule has 1 aliphatic heterocycles. The van der Waals surface area contributed by atoms with Crippen molar-refractivity contribution in [2.24, 2.45) is 0 Å². The fraction of sp³-hybridized carbons (Fsp3) is 0.273. The summed E-state index contributed by atoms with van der Waals surface area (Å²) in [7, 11) is 0. The minimum absolute atomic E-state index is 0.0869. The first-order chi connectivity index (χ1) is 14.6. The van der Waals surface area contributed by atoms with Crippen molar-refractivity contribution in [3.8, 4) is 5.69 Å². The van der Waals surface area contributed by atoms with E-state index in [1.54, 1.807) is 23.7 Å². The number of fused-ring (bicyclic) bond motifs is 1. The van der Waals surface area contributed by atoms with Crippen LogP contribution in [0.3, 0.4) is 0 Å². The van der Waals surface area contributed by atoms with E-state index in [9.17, 15) is 4.79 Å². The van der Waals surface area contributed by atoms with Crippen LogP contribution in [0, 0.1) is 13.8 Å². The zero-order chi connectivity index (χ0) is 20.7. The first-order valence-corrected chi connectivity index (χ1v) is 10.8. The lowest BCUT2D eigenvalue weighted by atomic mass is 10.2. The molecule has 4 aromatic rings. The molecule has 5 heterocycles.